The molecule has 0 aliphatic carbocycles. The maximum absolute atomic E-state index is 6.15. The highest BCUT2D eigenvalue weighted by atomic mass is 35.5. The molecular formula is C17H17ClN4O2S. The van der Waals surface area contributed by atoms with Crippen LogP contribution in [0.1, 0.15) is 6.92 Å². The molecule has 0 bridgehead atoms. The Morgan fingerprint density at radius 1 is 1.16 bits per heavy atom. The number of ether oxygens (including phenoxy) is 2. The molecule has 3 rings (SSSR count). The van der Waals surface area contributed by atoms with Crippen molar-refractivity contribution in [3.05, 3.63) is 35.4 Å². The lowest BCUT2D eigenvalue weighted by molar-refractivity contribution is 0.405. The highest BCUT2D eigenvalue weighted by molar-refractivity contribution is 7.11. The first kappa shape index (κ1) is 17.4. The molecule has 1 aromatic heterocycles. The van der Waals surface area contributed by atoms with Crippen molar-refractivity contribution in [2.75, 3.05) is 26.1 Å². The quantitative estimate of drug-likeness (QED) is 0.551. The smallest absolute Gasteiger partial charge is 0.166 e. The molecule has 2 aromatic carbocycles. The molecule has 8 heteroatoms. The topological polar surface area (TPSA) is 68.1 Å². The van der Waals surface area contributed by atoms with Crippen LogP contribution >= 0.6 is 23.1 Å². The van der Waals surface area contributed by atoms with Crippen LogP contribution in [0.5, 0.6) is 11.5 Å². The van der Waals surface area contributed by atoms with E-state index in [4.69, 9.17) is 21.1 Å². The number of nitrogens with zero attached hydrogens (tertiary/aromatic N) is 3. The minimum atomic E-state index is 0.574. The number of anilines is 1. The number of benzene rings is 2. The van der Waals surface area contributed by atoms with Gasteiger partial charge in [0.25, 0.3) is 0 Å². The van der Waals surface area contributed by atoms with Gasteiger partial charge in [-0.3, -0.25) is 0 Å². The van der Waals surface area contributed by atoms with Gasteiger partial charge in [0.15, 0.2) is 5.00 Å². The Bertz CT molecular complexity index is 926. The number of hydrogen-bond acceptors (Lipinski definition) is 7. The van der Waals surface area contributed by atoms with E-state index in [1.807, 2.05) is 25.1 Å². The van der Waals surface area contributed by atoms with Crippen LogP contribution in [0, 0.1) is 0 Å². The Kier molecular flexibility index (Phi) is 5.35. The lowest BCUT2D eigenvalue weighted by atomic mass is 10.2. The van der Waals surface area contributed by atoms with Gasteiger partial charge in [0.1, 0.15) is 22.7 Å². The van der Waals surface area contributed by atoms with E-state index < -0.39 is 0 Å². The molecule has 0 radical (unpaired) electrons. The van der Waals surface area contributed by atoms with Gasteiger partial charge in [0.05, 0.1) is 24.9 Å². The molecule has 0 amide bonds. The summed E-state index contributed by atoms with van der Waals surface area (Å²) in [6.07, 6.45) is 0. The number of rotatable bonds is 6. The van der Waals surface area contributed by atoms with Crippen LogP contribution in [0.3, 0.4) is 0 Å². The van der Waals surface area contributed by atoms with Crippen LogP contribution in [-0.4, -0.2) is 25.1 Å². The molecule has 0 saturated carbocycles. The molecule has 0 fully saturated rings. The molecule has 1 heterocycles. The molecule has 0 spiro atoms. The zero-order chi connectivity index (χ0) is 17.8. The van der Waals surface area contributed by atoms with Crippen LogP contribution in [0.15, 0.2) is 40.6 Å². The molecule has 25 heavy (non-hydrogen) atoms. The lowest BCUT2D eigenvalue weighted by Crippen LogP contribution is -2.00. The van der Waals surface area contributed by atoms with Gasteiger partial charge in [-0.25, -0.2) is 0 Å². The molecule has 0 atom stereocenters. The van der Waals surface area contributed by atoms with Crippen LogP contribution in [0.25, 0.3) is 10.9 Å². The van der Waals surface area contributed by atoms with E-state index in [0.29, 0.717) is 27.2 Å². The van der Waals surface area contributed by atoms with E-state index >= 15 is 0 Å². The molecule has 0 aliphatic heterocycles. The standard InChI is InChI=1S/C17H17ClN4O2S/c1-4-19-12-8-15(24-3)13(9-14(12)23-2)20-21-17-10-6-5-7-11(18)16(10)22-25-17/h5-9,19H,4H2,1-3H3. The first-order chi connectivity index (χ1) is 12.2. The fourth-order valence-corrected chi connectivity index (χ4v) is 3.36. The van der Waals surface area contributed by atoms with Crippen molar-refractivity contribution in [2.45, 2.75) is 6.92 Å². The highest BCUT2D eigenvalue weighted by Crippen LogP contribution is 2.40. The first-order valence-electron chi connectivity index (χ1n) is 7.63. The Labute approximate surface area is 154 Å². The predicted molar refractivity (Wildman–Crippen MR) is 103 cm³/mol. The largest absolute Gasteiger partial charge is 0.495 e. The molecule has 1 N–H and O–H groups in total. The van der Waals surface area contributed by atoms with Crippen LogP contribution < -0.4 is 14.8 Å². The Morgan fingerprint density at radius 2 is 1.96 bits per heavy atom. The SMILES string of the molecule is CCNc1cc(OC)c(N=Nc2snc3c(Cl)cccc23)cc1OC. The van der Waals surface area contributed by atoms with E-state index in [1.54, 1.807) is 26.4 Å². The summed E-state index contributed by atoms with van der Waals surface area (Å²) < 4.78 is 15.2. The molecule has 0 saturated heterocycles. The minimum Gasteiger partial charge on any atom is -0.495 e. The zero-order valence-corrected chi connectivity index (χ0v) is 15.6. The van der Waals surface area contributed by atoms with Crippen LogP contribution in [0.4, 0.5) is 16.4 Å². The third-order valence-corrected chi connectivity index (χ3v) is 4.61. The normalized spacial score (nSPS) is 11.2. The second-order valence-corrected chi connectivity index (χ2v) is 6.24. The van der Waals surface area contributed by atoms with E-state index in [-0.39, 0.29) is 0 Å². The number of halogens is 1. The van der Waals surface area contributed by atoms with Crippen molar-refractivity contribution < 1.29 is 9.47 Å². The summed E-state index contributed by atoms with van der Waals surface area (Å²) in [5.41, 5.74) is 2.15. The summed E-state index contributed by atoms with van der Waals surface area (Å²) in [6, 6.07) is 9.23. The number of azo groups is 1. The summed E-state index contributed by atoms with van der Waals surface area (Å²) in [7, 11) is 3.21. The minimum absolute atomic E-state index is 0.574. The zero-order valence-electron chi connectivity index (χ0n) is 14.0. The van der Waals surface area contributed by atoms with Gasteiger partial charge in [-0.1, -0.05) is 17.7 Å². The molecule has 130 valence electrons. The third kappa shape index (κ3) is 3.52. The maximum Gasteiger partial charge on any atom is 0.166 e. The monoisotopic (exact) mass is 376 g/mol. The number of hydrogen-bond donors (Lipinski definition) is 1. The van der Waals surface area contributed by atoms with Gasteiger partial charge < -0.3 is 14.8 Å². The molecular weight excluding hydrogens is 360 g/mol. The summed E-state index contributed by atoms with van der Waals surface area (Å²) in [4.78, 5) is 0. The van der Waals surface area contributed by atoms with Gasteiger partial charge in [0, 0.05) is 24.1 Å². The fraction of sp³-hybridized carbons (Fsp3) is 0.235. The summed E-state index contributed by atoms with van der Waals surface area (Å²) in [6.45, 7) is 2.79. The van der Waals surface area contributed by atoms with Crippen molar-refractivity contribution >= 4 is 50.4 Å². The first-order valence-corrected chi connectivity index (χ1v) is 8.78. The number of nitrogens with one attached hydrogen (secondary N) is 1. The Morgan fingerprint density at radius 3 is 2.68 bits per heavy atom. The van der Waals surface area contributed by atoms with Gasteiger partial charge in [0.2, 0.25) is 0 Å². The van der Waals surface area contributed by atoms with Crippen LogP contribution in [0.2, 0.25) is 5.02 Å². The lowest BCUT2D eigenvalue weighted by Gasteiger charge is -2.13. The average Bonchev–Trinajstić information content (AvgIpc) is 3.05. The van der Waals surface area contributed by atoms with Crippen LogP contribution in [-0.2, 0) is 0 Å². The molecule has 3 aromatic rings. The van der Waals surface area contributed by atoms with Crippen molar-refractivity contribution in [1.29, 1.82) is 0 Å². The van der Waals surface area contributed by atoms with E-state index in [0.717, 1.165) is 23.1 Å². The van der Waals surface area contributed by atoms with E-state index in [9.17, 15) is 0 Å². The average molecular weight is 377 g/mol. The number of methoxy groups -OCH3 is 2. The van der Waals surface area contributed by atoms with Gasteiger partial charge in [-0.2, -0.15) is 4.37 Å². The van der Waals surface area contributed by atoms with E-state index in [2.05, 4.69) is 19.9 Å². The Hall–Kier alpha value is -2.38. The number of aromatic nitrogens is 1. The second-order valence-electron chi connectivity index (χ2n) is 5.08. The molecule has 0 unspecified atom stereocenters. The van der Waals surface area contributed by atoms with Crippen molar-refractivity contribution in [3.8, 4) is 11.5 Å². The predicted octanol–water partition coefficient (Wildman–Crippen LogP) is 5.81. The fourth-order valence-electron chi connectivity index (χ4n) is 2.38. The summed E-state index contributed by atoms with van der Waals surface area (Å²) >= 11 is 7.40. The molecule has 6 nitrogen and oxygen atoms in total. The highest BCUT2D eigenvalue weighted by Gasteiger charge is 2.12. The van der Waals surface area contributed by atoms with Crippen molar-refractivity contribution in [1.82, 2.24) is 4.37 Å². The maximum atomic E-state index is 6.15. The van der Waals surface area contributed by atoms with Gasteiger partial charge in [-0.05, 0) is 30.6 Å². The van der Waals surface area contributed by atoms with Crippen molar-refractivity contribution in [3.63, 3.8) is 0 Å². The van der Waals surface area contributed by atoms with E-state index in [1.165, 1.54) is 11.5 Å². The summed E-state index contributed by atoms with van der Waals surface area (Å²) in [5, 5.41) is 14.1. The van der Waals surface area contributed by atoms with Gasteiger partial charge >= 0.3 is 0 Å². The third-order valence-electron chi connectivity index (χ3n) is 3.56. The summed E-state index contributed by atoms with van der Waals surface area (Å²) in [5.74, 6) is 1.28. The van der Waals surface area contributed by atoms with Gasteiger partial charge in [-0.15, -0.1) is 10.2 Å². The second kappa shape index (κ2) is 7.67. The van der Waals surface area contributed by atoms with Crippen molar-refractivity contribution in [2.24, 2.45) is 10.2 Å². The molecule has 0 aliphatic rings. The number of fused-ring (bicyclic) bond motifs is 1. The Balaban J connectivity index is 2.01.